The maximum absolute atomic E-state index is 9.23. The standard InChI is InChI=1S/C9H17NO.C2H6/c1-10-4-2-3-9(7-10)5-8(11)6-9;1-2/h8,11H,2-7H2,1H3;1-2H3. The van der Waals surface area contributed by atoms with Gasteiger partial charge < -0.3 is 10.0 Å². The summed E-state index contributed by atoms with van der Waals surface area (Å²) >= 11 is 0. The Labute approximate surface area is 81.9 Å². The van der Waals surface area contributed by atoms with Crippen LogP contribution in [0.25, 0.3) is 0 Å². The van der Waals surface area contributed by atoms with Crippen molar-refractivity contribution >= 4 is 0 Å². The first-order valence-electron chi connectivity index (χ1n) is 5.57. The van der Waals surface area contributed by atoms with Crippen LogP contribution in [0.15, 0.2) is 0 Å². The van der Waals surface area contributed by atoms with E-state index in [1.807, 2.05) is 13.8 Å². The largest absolute Gasteiger partial charge is 0.393 e. The highest BCUT2D eigenvalue weighted by atomic mass is 16.3. The van der Waals surface area contributed by atoms with Gasteiger partial charge in [-0.15, -0.1) is 0 Å². The van der Waals surface area contributed by atoms with Gasteiger partial charge in [0, 0.05) is 6.54 Å². The molecule has 2 heteroatoms. The highest BCUT2D eigenvalue weighted by molar-refractivity contribution is 4.97. The van der Waals surface area contributed by atoms with E-state index in [2.05, 4.69) is 11.9 Å². The highest BCUT2D eigenvalue weighted by Gasteiger charge is 2.44. The predicted molar refractivity (Wildman–Crippen MR) is 55.8 cm³/mol. The van der Waals surface area contributed by atoms with Gasteiger partial charge >= 0.3 is 0 Å². The van der Waals surface area contributed by atoms with Crippen molar-refractivity contribution in [1.29, 1.82) is 0 Å². The quantitative estimate of drug-likeness (QED) is 0.623. The van der Waals surface area contributed by atoms with Gasteiger partial charge in [-0.25, -0.2) is 0 Å². The molecule has 0 radical (unpaired) electrons. The Bertz CT molecular complexity index is 147. The van der Waals surface area contributed by atoms with E-state index < -0.39 is 0 Å². The first kappa shape index (κ1) is 11.0. The molecule has 0 atom stereocenters. The average Bonchev–Trinajstić information content (AvgIpc) is 2.05. The third kappa shape index (κ3) is 2.44. The maximum atomic E-state index is 9.23. The first-order chi connectivity index (χ1) is 6.20. The topological polar surface area (TPSA) is 23.5 Å². The van der Waals surface area contributed by atoms with Gasteiger partial charge in [-0.3, -0.25) is 0 Å². The van der Waals surface area contributed by atoms with Crippen LogP contribution in [0.3, 0.4) is 0 Å². The van der Waals surface area contributed by atoms with Crippen LogP contribution in [0.5, 0.6) is 0 Å². The van der Waals surface area contributed by atoms with E-state index in [0.717, 1.165) is 12.8 Å². The summed E-state index contributed by atoms with van der Waals surface area (Å²) in [7, 11) is 2.19. The fourth-order valence-corrected chi connectivity index (χ4v) is 2.73. The zero-order valence-electron chi connectivity index (χ0n) is 9.21. The summed E-state index contributed by atoms with van der Waals surface area (Å²) in [5.41, 5.74) is 0.520. The molecule has 1 heterocycles. The van der Waals surface area contributed by atoms with E-state index in [0.29, 0.717) is 5.41 Å². The Morgan fingerprint density at radius 2 is 1.92 bits per heavy atom. The molecule has 2 nitrogen and oxygen atoms in total. The molecule has 1 N–H and O–H groups in total. The predicted octanol–water partition coefficient (Wildman–Crippen LogP) is 1.88. The van der Waals surface area contributed by atoms with E-state index in [1.165, 1.54) is 25.9 Å². The molecule has 0 amide bonds. The van der Waals surface area contributed by atoms with Gasteiger partial charge in [-0.05, 0) is 44.7 Å². The summed E-state index contributed by atoms with van der Waals surface area (Å²) in [6.07, 6.45) is 4.79. The molecule has 0 bridgehead atoms. The van der Waals surface area contributed by atoms with Gasteiger partial charge in [-0.1, -0.05) is 13.8 Å². The number of piperidine rings is 1. The SMILES string of the molecule is CC.CN1CCCC2(CC(O)C2)C1. The molecule has 1 aliphatic heterocycles. The van der Waals surface area contributed by atoms with Gasteiger partial charge in [-0.2, -0.15) is 0 Å². The van der Waals surface area contributed by atoms with Crippen molar-refractivity contribution in [3.8, 4) is 0 Å². The van der Waals surface area contributed by atoms with Crippen LogP contribution in [-0.2, 0) is 0 Å². The van der Waals surface area contributed by atoms with Crippen molar-refractivity contribution in [3.63, 3.8) is 0 Å². The molecule has 2 rings (SSSR count). The Balaban J connectivity index is 0.000000396. The molecule has 2 fully saturated rings. The Morgan fingerprint density at radius 1 is 1.31 bits per heavy atom. The van der Waals surface area contributed by atoms with Gasteiger partial charge in [0.05, 0.1) is 6.10 Å². The lowest BCUT2D eigenvalue weighted by Gasteiger charge is -2.50. The number of hydrogen-bond donors (Lipinski definition) is 1. The molecule has 1 saturated carbocycles. The summed E-state index contributed by atoms with van der Waals surface area (Å²) in [6.45, 7) is 6.46. The second-order valence-corrected chi connectivity index (χ2v) is 4.40. The number of hydrogen-bond acceptors (Lipinski definition) is 2. The van der Waals surface area contributed by atoms with Crippen LogP contribution in [0.2, 0.25) is 0 Å². The minimum Gasteiger partial charge on any atom is -0.393 e. The monoisotopic (exact) mass is 185 g/mol. The highest BCUT2D eigenvalue weighted by Crippen LogP contribution is 2.47. The number of likely N-dealkylation sites (tertiary alicyclic amines) is 1. The lowest BCUT2D eigenvalue weighted by molar-refractivity contribution is -0.0694. The van der Waals surface area contributed by atoms with Crippen LogP contribution in [0.1, 0.15) is 39.5 Å². The summed E-state index contributed by atoms with van der Waals surface area (Å²) in [6, 6.07) is 0. The van der Waals surface area contributed by atoms with Crippen molar-refractivity contribution < 1.29 is 5.11 Å². The van der Waals surface area contributed by atoms with Crippen LogP contribution in [0, 0.1) is 5.41 Å². The fraction of sp³-hybridized carbons (Fsp3) is 1.00. The molecule has 2 aliphatic rings. The molecule has 1 spiro atoms. The third-order valence-corrected chi connectivity index (χ3v) is 3.19. The minimum absolute atomic E-state index is 0.0153. The van der Waals surface area contributed by atoms with Crippen molar-refractivity contribution in [2.75, 3.05) is 20.1 Å². The van der Waals surface area contributed by atoms with Crippen molar-refractivity contribution in [2.24, 2.45) is 5.41 Å². The zero-order valence-corrected chi connectivity index (χ0v) is 9.21. The number of aliphatic hydroxyl groups excluding tert-OH is 1. The smallest absolute Gasteiger partial charge is 0.0551 e. The van der Waals surface area contributed by atoms with Gasteiger partial charge in [0.1, 0.15) is 0 Å². The Hall–Kier alpha value is -0.0800. The summed E-state index contributed by atoms with van der Waals surface area (Å²) in [5, 5.41) is 9.23. The van der Waals surface area contributed by atoms with Gasteiger partial charge in [0.25, 0.3) is 0 Å². The minimum atomic E-state index is 0.0153. The Kier molecular flexibility index (Phi) is 3.74. The summed E-state index contributed by atoms with van der Waals surface area (Å²) < 4.78 is 0. The molecular weight excluding hydrogens is 162 g/mol. The molecule has 13 heavy (non-hydrogen) atoms. The number of nitrogens with zero attached hydrogens (tertiary/aromatic N) is 1. The zero-order chi connectivity index (χ0) is 9.90. The van der Waals surface area contributed by atoms with Crippen LogP contribution in [0.4, 0.5) is 0 Å². The molecule has 0 aromatic rings. The number of aliphatic hydroxyl groups is 1. The molecule has 0 unspecified atom stereocenters. The second-order valence-electron chi connectivity index (χ2n) is 4.40. The fourth-order valence-electron chi connectivity index (χ4n) is 2.73. The van der Waals surface area contributed by atoms with Gasteiger partial charge in [0.2, 0.25) is 0 Å². The molecule has 0 aromatic heterocycles. The first-order valence-corrected chi connectivity index (χ1v) is 5.57. The van der Waals surface area contributed by atoms with Crippen molar-refractivity contribution in [1.82, 2.24) is 4.90 Å². The van der Waals surface area contributed by atoms with Crippen molar-refractivity contribution in [2.45, 2.75) is 45.6 Å². The molecule has 78 valence electrons. The van der Waals surface area contributed by atoms with Gasteiger partial charge in [0.15, 0.2) is 0 Å². The lowest BCUT2D eigenvalue weighted by Crippen LogP contribution is -2.51. The number of rotatable bonds is 0. The molecule has 0 aromatic carbocycles. The lowest BCUT2D eigenvalue weighted by atomic mass is 9.63. The van der Waals surface area contributed by atoms with Crippen LogP contribution >= 0.6 is 0 Å². The van der Waals surface area contributed by atoms with Crippen molar-refractivity contribution in [3.05, 3.63) is 0 Å². The van der Waals surface area contributed by atoms with E-state index >= 15 is 0 Å². The third-order valence-electron chi connectivity index (χ3n) is 3.19. The second kappa shape index (κ2) is 4.43. The van der Waals surface area contributed by atoms with Crippen LogP contribution in [-0.4, -0.2) is 36.2 Å². The normalized spacial score (nSPS) is 39.2. The van der Waals surface area contributed by atoms with E-state index in [1.54, 1.807) is 0 Å². The molecule has 1 saturated heterocycles. The van der Waals surface area contributed by atoms with E-state index in [4.69, 9.17) is 0 Å². The molecular formula is C11H23NO. The average molecular weight is 185 g/mol. The molecule has 1 aliphatic carbocycles. The Morgan fingerprint density at radius 3 is 2.38 bits per heavy atom. The summed E-state index contributed by atoms with van der Waals surface area (Å²) in [4.78, 5) is 2.40. The van der Waals surface area contributed by atoms with E-state index in [-0.39, 0.29) is 6.10 Å². The summed E-state index contributed by atoms with van der Waals surface area (Å²) in [5.74, 6) is 0. The van der Waals surface area contributed by atoms with Crippen LogP contribution < -0.4 is 0 Å². The van der Waals surface area contributed by atoms with E-state index in [9.17, 15) is 5.11 Å². The maximum Gasteiger partial charge on any atom is 0.0551 e.